The maximum atomic E-state index is 11.8. The van der Waals surface area contributed by atoms with E-state index in [1.165, 1.54) is 6.33 Å². The van der Waals surface area contributed by atoms with Crippen LogP contribution in [0.2, 0.25) is 0 Å². The van der Waals surface area contributed by atoms with E-state index in [0.717, 1.165) is 10.2 Å². The molecule has 0 saturated carbocycles. The summed E-state index contributed by atoms with van der Waals surface area (Å²) in [4.78, 5) is 31.2. The molecule has 8 heteroatoms. The zero-order chi connectivity index (χ0) is 17.4. The number of carbonyl (C=O) groups is 2. The fourth-order valence-electron chi connectivity index (χ4n) is 1.86. The summed E-state index contributed by atoms with van der Waals surface area (Å²) in [5.74, 6) is 0.197. The molecular weight excluding hydrogens is 376 g/mol. The number of amides is 1. The molecule has 126 valence electrons. The Morgan fingerprint density at radius 1 is 1.17 bits per heavy atom. The Morgan fingerprint density at radius 2 is 1.96 bits per heavy atom. The molecule has 1 amide bonds. The van der Waals surface area contributed by atoms with E-state index in [1.807, 2.05) is 24.3 Å². The molecule has 0 radical (unpaired) electrons. The third kappa shape index (κ3) is 5.96. The van der Waals surface area contributed by atoms with Gasteiger partial charge in [0.15, 0.2) is 0 Å². The number of hydrogen-bond acceptors (Lipinski definition) is 6. The molecule has 0 aliphatic rings. The van der Waals surface area contributed by atoms with Crippen molar-refractivity contribution < 1.29 is 14.3 Å². The Morgan fingerprint density at radius 3 is 2.71 bits per heavy atom. The number of rotatable bonds is 7. The van der Waals surface area contributed by atoms with Crippen LogP contribution in [0.25, 0.3) is 0 Å². The molecule has 0 fully saturated rings. The van der Waals surface area contributed by atoms with E-state index in [4.69, 9.17) is 4.74 Å². The van der Waals surface area contributed by atoms with E-state index in [2.05, 4.69) is 36.5 Å². The molecule has 1 aromatic heterocycles. The Bertz CT molecular complexity index is 724. The normalized spacial score (nSPS) is 10.1. The summed E-state index contributed by atoms with van der Waals surface area (Å²) in [7, 11) is 0. The van der Waals surface area contributed by atoms with E-state index >= 15 is 0 Å². The molecule has 1 heterocycles. The number of anilines is 3. The Kier molecular flexibility index (Phi) is 6.68. The number of aromatic nitrogens is 2. The van der Waals surface area contributed by atoms with Crippen LogP contribution in [0.1, 0.15) is 19.8 Å². The molecule has 1 aromatic carbocycles. The van der Waals surface area contributed by atoms with E-state index < -0.39 is 5.97 Å². The second-order valence-corrected chi connectivity index (χ2v) is 5.69. The first-order chi connectivity index (χ1) is 11.6. The smallest absolute Gasteiger partial charge is 0.306 e. The maximum Gasteiger partial charge on any atom is 0.306 e. The van der Waals surface area contributed by atoms with E-state index in [9.17, 15) is 9.59 Å². The summed E-state index contributed by atoms with van der Waals surface area (Å²) in [5, 5.41) is 5.75. The highest BCUT2D eigenvalue weighted by Gasteiger charge is 2.09. The van der Waals surface area contributed by atoms with Crippen LogP contribution in [-0.4, -0.2) is 28.5 Å². The molecular formula is C16H17BrN4O3. The van der Waals surface area contributed by atoms with Crippen LogP contribution in [-0.2, 0) is 14.3 Å². The van der Waals surface area contributed by atoms with Crippen LogP contribution in [0.3, 0.4) is 0 Å². The minimum Gasteiger partial charge on any atom is -0.466 e. The number of benzene rings is 1. The number of halogens is 1. The van der Waals surface area contributed by atoms with Gasteiger partial charge in [0.05, 0.1) is 13.0 Å². The summed E-state index contributed by atoms with van der Waals surface area (Å²) < 4.78 is 5.72. The van der Waals surface area contributed by atoms with Crippen LogP contribution >= 0.6 is 15.9 Å². The zero-order valence-corrected chi connectivity index (χ0v) is 14.7. The SMILES string of the molecule is CCOC(=O)CCC(=O)Nc1cc(Nc2cccc(Br)c2)ncn1. The Balaban J connectivity index is 1.92. The van der Waals surface area contributed by atoms with Crippen molar-refractivity contribution >= 4 is 45.1 Å². The molecule has 0 saturated heterocycles. The van der Waals surface area contributed by atoms with Crippen LogP contribution in [0.5, 0.6) is 0 Å². The molecule has 0 bridgehead atoms. The van der Waals surface area contributed by atoms with Crippen molar-refractivity contribution in [3.8, 4) is 0 Å². The highest BCUT2D eigenvalue weighted by atomic mass is 79.9. The lowest BCUT2D eigenvalue weighted by Crippen LogP contribution is -2.15. The highest BCUT2D eigenvalue weighted by molar-refractivity contribution is 9.10. The first-order valence-corrected chi connectivity index (χ1v) is 8.16. The second-order valence-electron chi connectivity index (χ2n) is 4.78. The zero-order valence-electron chi connectivity index (χ0n) is 13.1. The van der Waals surface area contributed by atoms with E-state index in [0.29, 0.717) is 18.2 Å². The van der Waals surface area contributed by atoms with Gasteiger partial charge in [-0.2, -0.15) is 0 Å². The summed E-state index contributed by atoms with van der Waals surface area (Å²) in [5.41, 5.74) is 0.850. The average molecular weight is 393 g/mol. The van der Waals surface area contributed by atoms with Crippen LogP contribution in [0.4, 0.5) is 17.3 Å². The van der Waals surface area contributed by atoms with Gasteiger partial charge in [0.2, 0.25) is 5.91 Å². The second kappa shape index (κ2) is 8.97. The number of nitrogens with one attached hydrogen (secondary N) is 2. The molecule has 0 aliphatic carbocycles. The third-order valence-corrected chi connectivity index (χ3v) is 3.39. The minimum absolute atomic E-state index is 0.0356. The molecule has 0 atom stereocenters. The molecule has 2 aromatic rings. The number of nitrogens with zero attached hydrogens (tertiary/aromatic N) is 2. The van der Waals surface area contributed by atoms with Crippen molar-refractivity contribution in [2.24, 2.45) is 0 Å². The first-order valence-electron chi connectivity index (χ1n) is 7.37. The van der Waals surface area contributed by atoms with Crippen molar-refractivity contribution in [3.05, 3.63) is 41.1 Å². The van der Waals surface area contributed by atoms with Gasteiger partial charge in [-0.25, -0.2) is 9.97 Å². The van der Waals surface area contributed by atoms with Crippen molar-refractivity contribution in [1.82, 2.24) is 9.97 Å². The molecule has 24 heavy (non-hydrogen) atoms. The van der Waals surface area contributed by atoms with Gasteiger partial charge in [-0.1, -0.05) is 22.0 Å². The topological polar surface area (TPSA) is 93.2 Å². The van der Waals surface area contributed by atoms with Gasteiger partial charge in [0.1, 0.15) is 18.0 Å². The molecule has 0 unspecified atom stereocenters. The van der Waals surface area contributed by atoms with Crippen molar-refractivity contribution in [2.45, 2.75) is 19.8 Å². The molecule has 0 spiro atoms. The van der Waals surface area contributed by atoms with Crippen molar-refractivity contribution in [2.75, 3.05) is 17.2 Å². The van der Waals surface area contributed by atoms with Gasteiger partial charge in [-0.15, -0.1) is 0 Å². The quantitative estimate of drug-likeness (QED) is 0.702. The Labute approximate surface area is 148 Å². The lowest BCUT2D eigenvalue weighted by molar-refractivity contribution is -0.144. The number of carbonyl (C=O) groups excluding carboxylic acids is 2. The van der Waals surface area contributed by atoms with E-state index in [-0.39, 0.29) is 18.7 Å². The van der Waals surface area contributed by atoms with Crippen molar-refractivity contribution in [1.29, 1.82) is 0 Å². The van der Waals surface area contributed by atoms with Gasteiger partial charge in [-0.3, -0.25) is 9.59 Å². The largest absolute Gasteiger partial charge is 0.466 e. The van der Waals surface area contributed by atoms with Gasteiger partial charge in [-0.05, 0) is 25.1 Å². The predicted octanol–water partition coefficient (Wildman–Crippen LogP) is 3.26. The number of ether oxygens (including phenoxy) is 1. The minimum atomic E-state index is -0.396. The monoisotopic (exact) mass is 392 g/mol. The van der Waals surface area contributed by atoms with Gasteiger partial charge < -0.3 is 15.4 Å². The molecule has 7 nitrogen and oxygen atoms in total. The molecule has 2 rings (SSSR count). The molecule has 0 aliphatic heterocycles. The highest BCUT2D eigenvalue weighted by Crippen LogP contribution is 2.20. The lowest BCUT2D eigenvalue weighted by Gasteiger charge is -2.08. The first kappa shape index (κ1) is 17.9. The summed E-state index contributed by atoms with van der Waals surface area (Å²) >= 11 is 3.40. The Hall–Kier alpha value is -2.48. The maximum absolute atomic E-state index is 11.8. The number of hydrogen-bond donors (Lipinski definition) is 2. The number of esters is 1. The van der Waals surface area contributed by atoms with Crippen LogP contribution in [0, 0.1) is 0 Å². The van der Waals surface area contributed by atoms with Gasteiger partial charge in [0, 0.05) is 22.6 Å². The standard InChI is InChI=1S/C16H17BrN4O3/c1-2-24-16(23)7-6-15(22)21-14-9-13(18-10-19-14)20-12-5-3-4-11(17)8-12/h3-5,8-10H,2,6-7H2,1H3,(H2,18,19,20,21,22). The fraction of sp³-hybridized carbons (Fsp3) is 0.250. The summed E-state index contributed by atoms with van der Waals surface area (Å²) in [6.07, 6.45) is 1.42. The van der Waals surface area contributed by atoms with Gasteiger partial charge in [0.25, 0.3) is 0 Å². The summed E-state index contributed by atoms with van der Waals surface area (Å²) in [6.45, 7) is 2.02. The predicted molar refractivity (Wildman–Crippen MR) is 94.0 cm³/mol. The van der Waals surface area contributed by atoms with Crippen LogP contribution in [0.15, 0.2) is 41.1 Å². The van der Waals surface area contributed by atoms with Crippen molar-refractivity contribution in [3.63, 3.8) is 0 Å². The van der Waals surface area contributed by atoms with Crippen LogP contribution < -0.4 is 10.6 Å². The lowest BCUT2D eigenvalue weighted by atomic mass is 10.3. The van der Waals surface area contributed by atoms with Gasteiger partial charge >= 0.3 is 5.97 Å². The fourth-order valence-corrected chi connectivity index (χ4v) is 2.26. The average Bonchev–Trinajstić information content (AvgIpc) is 2.54. The molecule has 2 N–H and O–H groups in total. The third-order valence-electron chi connectivity index (χ3n) is 2.89. The summed E-state index contributed by atoms with van der Waals surface area (Å²) in [6, 6.07) is 9.22. The van der Waals surface area contributed by atoms with E-state index in [1.54, 1.807) is 13.0 Å².